The zero-order chi connectivity index (χ0) is 13.3. The van der Waals surface area contributed by atoms with Crippen LogP contribution in [0.3, 0.4) is 0 Å². The van der Waals surface area contributed by atoms with E-state index in [9.17, 15) is 13.6 Å². The van der Waals surface area contributed by atoms with E-state index >= 15 is 0 Å². The van der Waals surface area contributed by atoms with Gasteiger partial charge in [0.15, 0.2) is 11.6 Å². The van der Waals surface area contributed by atoms with Crippen LogP contribution in [0.2, 0.25) is 0 Å². The Hall–Kier alpha value is -1.20. The molecule has 0 bridgehead atoms. The number of nitrogens with zero attached hydrogens (tertiary/aromatic N) is 1. The molecule has 1 aliphatic heterocycles. The van der Waals surface area contributed by atoms with Crippen molar-refractivity contribution in [2.45, 2.75) is 13.3 Å². The third-order valence-corrected chi connectivity index (χ3v) is 3.52. The highest BCUT2D eigenvalue weighted by Gasteiger charge is 2.36. The lowest BCUT2D eigenvalue weighted by Gasteiger charge is -2.22. The number of hydrogen-bond acceptors (Lipinski definition) is 2. The smallest absolute Gasteiger partial charge is 0.256 e. The first-order valence-corrected chi connectivity index (χ1v) is 5.90. The Morgan fingerprint density at radius 3 is 2.74 bits per heavy atom. The lowest BCUT2D eigenvalue weighted by Crippen LogP contribution is -2.34. The van der Waals surface area contributed by atoms with Crippen molar-refractivity contribution in [1.82, 2.24) is 4.90 Å². The summed E-state index contributed by atoms with van der Waals surface area (Å²) in [5.41, 5.74) is 5.31. The second kappa shape index (κ2) is 5.84. The van der Waals surface area contributed by atoms with Gasteiger partial charge in [0, 0.05) is 13.1 Å². The van der Waals surface area contributed by atoms with Crippen molar-refractivity contribution in [2.75, 3.05) is 19.6 Å². The van der Waals surface area contributed by atoms with E-state index in [2.05, 4.69) is 0 Å². The zero-order valence-corrected chi connectivity index (χ0v) is 11.5. The molecule has 0 spiro atoms. The molecule has 3 nitrogen and oxygen atoms in total. The maximum Gasteiger partial charge on any atom is 0.256 e. The third kappa shape index (κ3) is 3.04. The minimum Gasteiger partial charge on any atom is -0.338 e. The summed E-state index contributed by atoms with van der Waals surface area (Å²) in [5.74, 6) is -2.55. The van der Waals surface area contributed by atoms with Gasteiger partial charge < -0.3 is 10.6 Å². The molecule has 1 aromatic rings. The number of nitrogens with two attached hydrogens (primary N) is 1. The van der Waals surface area contributed by atoms with Crippen molar-refractivity contribution in [3.8, 4) is 0 Å². The largest absolute Gasteiger partial charge is 0.338 e. The highest BCUT2D eigenvalue weighted by Crippen LogP contribution is 2.29. The molecule has 19 heavy (non-hydrogen) atoms. The second-order valence-corrected chi connectivity index (χ2v) is 5.09. The Morgan fingerprint density at radius 1 is 1.47 bits per heavy atom. The summed E-state index contributed by atoms with van der Waals surface area (Å²) in [4.78, 5) is 13.6. The Morgan fingerprint density at radius 2 is 2.16 bits per heavy atom. The van der Waals surface area contributed by atoms with Crippen LogP contribution in [0, 0.1) is 17.0 Å². The van der Waals surface area contributed by atoms with Gasteiger partial charge >= 0.3 is 0 Å². The molecule has 0 radical (unpaired) electrons. The van der Waals surface area contributed by atoms with Crippen LogP contribution in [-0.4, -0.2) is 30.4 Å². The minimum absolute atomic E-state index is 0. The molecule has 1 atom stereocenters. The van der Waals surface area contributed by atoms with Gasteiger partial charge in [0.25, 0.3) is 5.91 Å². The summed E-state index contributed by atoms with van der Waals surface area (Å²) in [5, 5.41) is 0. The van der Waals surface area contributed by atoms with Crippen LogP contribution in [0.15, 0.2) is 18.2 Å². The molecule has 1 saturated heterocycles. The van der Waals surface area contributed by atoms with E-state index in [0.29, 0.717) is 19.6 Å². The molecular weight excluding hydrogens is 274 g/mol. The fraction of sp³-hybridized carbons (Fsp3) is 0.462. The number of likely N-dealkylation sites (tertiary alicyclic amines) is 1. The molecule has 1 aliphatic rings. The van der Waals surface area contributed by atoms with Crippen molar-refractivity contribution < 1.29 is 13.6 Å². The Bertz CT molecular complexity index is 484. The topological polar surface area (TPSA) is 46.3 Å². The molecule has 2 N–H and O–H groups in total. The molecule has 6 heteroatoms. The quantitative estimate of drug-likeness (QED) is 0.907. The van der Waals surface area contributed by atoms with Crippen molar-refractivity contribution in [1.29, 1.82) is 0 Å². The van der Waals surface area contributed by atoms with Crippen molar-refractivity contribution in [2.24, 2.45) is 11.1 Å². The van der Waals surface area contributed by atoms with Crippen LogP contribution in [0.4, 0.5) is 8.78 Å². The SMILES string of the molecule is CC1(CN)CCN(C(=O)c2cccc(F)c2F)C1.Cl. The molecule has 0 saturated carbocycles. The molecule has 1 unspecified atom stereocenters. The summed E-state index contributed by atoms with van der Waals surface area (Å²) in [6.45, 7) is 3.48. The third-order valence-electron chi connectivity index (χ3n) is 3.52. The van der Waals surface area contributed by atoms with Crippen LogP contribution in [0.1, 0.15) is 23.7 Å². The van der Waals surface area contributed by atoms with Crippen LogP contribution in [0.5, 0.6) is 0 Å². The Balaban J connectivity index is 0.00000180. The lowest BCUT2D eigenvalue weighted by molar-refractivity contribution is 0.0771. The maximum atomic E-state index is 13.5. The molecular formula is C13H17ClF2N2O. The molecule has 2 rings (SSSR count). The van der Waals surface area contributed by atoms with E-state index < -0.39 is 17.5 Å². The second-order valence-electron chi connectivity index (χ2n) is 5.09. The maximum absolute atomic E-state index is 13.5. The van der Waals surface area contributed by atoms with Gasteiger partial charge in [0.05, 0.1) is 5.56 Å². The molecule has 1 heterocycles. The van der Waals surface area contributed by atoms with Crippen LogP contribution in [-0.2, 0) is 0 Å². The van der Waals surface area contributed by atoms with E-state index in [4.69, 9.17) is 5.73 Å². The minimum atomic E-state index is -1.08. The average Bonchev–Trinajstić information content (AvgIpc) is 2.75. The first-order chi connectivity index (χ1) is 8.47. The van der Waals surface area contributed by atoms with Crippen LogP contribution >= 0.6 is 12.4 Å². The summed E-state index contributed by atoms with van der Waals surface area (Å²) in [6, 6.07) is 3.64. The number of rotatable bonds is 2. The monoisotopic (exact) mass is 290 g/mol. The van der Waals surface area contributed by atoms with Crippen LogP contribution in [0.25, 0.3) is 0 Å². The number of halogens is 3. The number of hydrogen-bond donors (Lipinski definition) is 1. The van der Waals surface area contributed by atoms with Crippen molar-refractivity contribution in [3.63, 3.8) is 0 Å². The van der Waals surface area contributed by atoms with Gasteiger partial charge in [0.2, 0.25) is 0 Å². The fourth-order valence-corrected chi connectivity index (χ4v) is 2.20. The van der Waals surface area contributed by atoms with Gasteiger partial charge in [-0.15, -0.1) is 12.4 Å². The van der Waals surface area contributed by atoms with Gasteiger partial charge in [-0.3, -0.25) is 4.79 Å². The normalized spacial score (nSPS) is 22.2. The summed E-state index contributed by atoms with van der Waals surface area (Å²) >= 11 is 0. The molecule has 0 aromatic heterocycles. The summed E-state index contributed by atoms with van der Waals surface area (Å²) in [6.07, 6.45) is 0.784. The Kier molecular flexibility index (Phi) is 4.87. The van der Waals surface area contributed by atoms with Crippen LogP contribution < -0.4 is 5.73 Å². The van der Waals surface area contributed by atoms with Crippen molar-refractivity contribution >= 4 is 18.3 Å². The summed E-state index contributed by atoms with van der Waals surface area (Å²) in [7, 11) is 0. The van der Waals surface area contributed by atoms with Crippen molar-refractivity contribution in [3.05, 3.63) is 35.4 Å². The fourth-order valence-electron chi connectivity index (χ4n) is 2.20. The first kappa shape index (κ1) is 15.9. The predicted octanol–water partition coefficient (Wildman–Crippen LogP) is 2.20. The van der Waals surface area contributed by atoms with E-state index in [0.717, 1.165) is 12.5 Å². The number of carbonyl (C=O) groups excluding carboxylic acids is 1. The van der Waals surface area contributed by atoms with E-state index in [-0.39, 0.29) is 23.4 Å². The van der Waals surface area contributed by atoms with E-state index in [1.807, 2.05) is 6.92 Å². The molecule has 1 aromatic carbocycles. The van der Waals surface area contributed by atoms with E-state index in [1.54, 1.807) is 0 Å². The van der Waals surface area contributed by atoms with Gasteiger partial charge in [-0.2, -0.15) is 0 Å². The molecule has 106 valence electrons. The predicted molar refractivity (Wildman–Crippen MR) is 71.3 cm³/mol. The number of carbonyl (C=O) groups is 1. The number of amides is 1. The van der Waals surface area contributed by atoms with Gasteiger partial charge in [-0.05, 0) is 30.5 Å². The van der Waals surface area contributed by atoms with Gasteiger partial charge in [-0.1, -0.05) is 13.0 Å². The average molecular weight is 291 g/mol. The number of benzene rings is 1. The van der Waals surface area contributed by atoms with Gasteiger partial charge in [0.1, 0.15) is 0 Å². The highest BCUT2D eigenvalue weighted by molar-refractivity contribution is 5.94. The van der Waals surface area contributed by atoms with E-state index in [1.165, 1.54) is 17.0 Å². The first-order valence-electron chi connectivity index (χ1n) is 5.90. The van der Waals surface area contributed by atoms with Gasteiger partial charge in [-0.25, -0.2) is 8.78 Å². The summed E-state index contributed by atoms with van der Waals surface area (Å²) < 4.78 is 26.6. The zero-order valence-electron chi connectivity index (χ0n) is 10.7. The molecule has 1 fully saturated rings. The standard InChI is InChI=1S/C13H16F2N2O.ClH/c1-13(7-16)5-6-17(8-13)12(18)9-3-2-4-10(14)11(9)15;/h2-4H,5-8,16H2,1H3;1H. The molecule has 0 aliphatic carbocycles. The Labute approximate surface area is 117 Å². The highest BCUT2D eigenvalue weighted by atomic mass is 35.5. The molecule has 1 amide bonds. The lowest BCUT2D eigenvalue weighted by atomic mass is 9.90.